The first-order chi connectivity index (χ1) is 9.22. The molecule has 0 atom stereocenters. The molecular formula is C12H8F3NO3S. The molecule has 106 valence electrons. The predicted molar refractivity (Wildman–Crippen MR) is 66.4 cm³/mol. The Morgan fingerprint density at radius 2 is 1.60 bits per heavy atom. The summed E-state index contributed by atoms with van der Waals surface area (Å²) in [4.78, 5) is 11.7. The summed E-state index contributed by atoms with van der Waals surface area (Å²) >= 11 is 0. The second-order valence-electron chi connectivity index (χ2n) is 3.91. The maximum absolute atomic E-state index is 12.2. The van der Waals surface area contributed by atoms with Crippen LogP contribution in [0.4, 0.5) is 13.2 Å². The van der Waals surface area contributed by atoms with Crippen molar-refractivity contribution in [3.05, 3.63) is 48.0 Å². The molecule has 0 saturated heterocycles. The van der Waals surface area contributed by atoms with E-state index in [0.29, 0.717) is 10.8 Å². The van der Waals surface area contributed by atoms with Crippen molar-refractivity contribution >= 4 is 26.7 Å². The molecule has 0 saturated carbocycles. The molecule has 0 spiro atoms. The maximum Gasteiger partial charge on any atom is 0.516 e. The van der Waals surface area contributed by atoms with Crippen LogP contribution in [0.3, 0.4) is 0 Å². The van der Waals surface area contributed by atoms with Crippen LogP contribution in [0, 0.1) is 0 Å². The monoisotopic (exact) mass is 303 g/mol. The Morgan fingerprint density at radius 3 is 2.25 bits per heavy atom. The van der Waals surface area contributed by atoms with Gasteiger partial charge in [0, 0.05) is 5.56 Å². The van der Waals surface area contributed by atoms with Gasteiger partial charge in [-0.25, -0.2) is 4.72 Å². The van der Waals surface area contributed by atoms with Crippen LogP contribution in [-0.4, -0.2) is 19.8 Å². The van der Waals surface area contributed by atoms with E-state index >= 15 is 0 Å². The minimum Gasteiger partial charge on any atom is -0.268 e. The lowest BCUT2D eigenvalue weighted by Crippen LogP contribution is -2.40. The Morgan fingerprint density at radius 1 is 1.00 bits per heavy atom. The molecule has 0 bridgehead atoms. The van der Waals surface area contributed by atoms with Gasteiger partial charge in [-0.1, -0.05) is 36.4 Å². The first-order valence-electron chi connectivity index (χ1n) is 5.33. The molecule has 1 N–H and O–H groups in total. The van der Waals surface area contributed by atoms with Gasteiger partial charge in [-0.3, -0.25) is 4.79 Å². The van der Waals surface area contributed by atoms with E-state index in [9.17, 15) is 26.4 Å². The minimum atomic E-state index is -5.71. The van der Waals surface area contributed by atoms with Crippen molar-refractivity contribution in [3.63, 3.8) is 0 Å². The van der Waals surface area contributed by atoms with Crippen molar-refractivity contribution in [2.24, 2.45) is 0 Å². The third-order valence-electron chi connectivity index (χ3n) is 2.57. The zero-order valence-electron chi connectivity index (χ0n) is 9.81. The van der Waals surface area contributed by atoms with Crippen molar-refractivity contribution in [1.82, 2.24) is 4.72 Å². The summed E-state index contributed by atoms with van der Waals surface area (Å²) in [6.07, 6.45) is 0. The molecule has 4 nitrogen and oxygen atoms in total. The lowest BCUT2D eigenvalue weighted by atomic mass is 10.0. The summed E-state index contributed by atoms with van der Waals surface area (Å²) in [5.74, 6) is -1.32. The van der Waals surface area contributed by atoms with Gasteiger partial charge in [-0.15, -0.1) is 0 Å². The highest BCUT2D eigenvalue weighted by molar-refractivity contribution is 7.90. The number of rotatable bonds is 2. The Bertz CT molecular complexity index is 764. The smallest absolute Gasteiger partial charge is 0.268 e. The van der Waals surface area contributed by atoms with Crippen molar-refractivity contribution in [2.75, 3.05) is 0 Å². The number of carbonyl (C=O) groups is 1. The number of amides is 1. The summed E-state index contributed by atoms with van der Waals surface area (Å²) in [6.45, 7) is 0. The molecule has 2 rings (SSSR count). The predicted octanol–water partition coefficient (Wildman–Crippen LogP) is 2.42. The Labute approximate surface area is 112 Å². The zero-order chi connectivity index (χ0) is 15.0. The Balaban J connectivity index is 2.43. The van der Waals surface area contributed by atoms with Gasteiger partial charge in [0.25, 0.3) is 5.91 Å². The molecule has 0 aliphatic carbocycles. The van der Waals surface area contributed by atoms with Crippen LogP contribution >= 0.6 is 0 Å². The first-order valence-corrected chi connectivity index (χ1v) is 6.82. The lowest BCUT2D eigenvalue weighted by molar-refractivity contribution is -0.0446. The Hall–Kier alpha value is -2.09. The number of nitrogens with one attached hydrogen (secondary N) is 1. The summed E-state index contributed by atoms with van der Waals surface area (Å²) in [5, 5.41) is 0.981. The highest BCUT2D eigenvalue weighted by Crippen LogP contribution is 2.23. The van der Waals surface area contributed by atoms with Gasteiger partial charge in [-0.2, -0.15) is 21.6 Å². The van der Waals surface area contributed by atoms with Gasteiger partial charge in [0.15, 0.2) is 0 Å². The van der Waals surface area contributed by atoms with Gasteiger partial charge in [-0.05, 0) is 16.8 Å². The molecular weight excluding hydrogens is 295 g/mol. The summed E-state index contributed by atoms with van der Waals surface area (Å²) in [6, 6.07) is 10.8. The van der Waals surface area contributed by atoms with Gasteiger partial charge < -0.3 is 0 Å². The van der Waals surface area contributed by atoms with E-state index in [-0.39, 0.29) is 5.56 Å². The number of alkyl halides is 3. The van der Waals surface area contributed by atoms with E-state index in [0.717, 1.165) is 4.72 Å². The molecule has 8 heteroatoms. The third kappa shape index (κ3) is 2.60. The fourth-order valence-corrected chi connectivity index (χ4v) is 2.13. The lowest BCUT2D eigenvalue weighted by Gasteiger charge is -2.10. The maximum atomic E-state index is 12.2. The molecule has 20 heavy (non-hydrogen) atoms. The van der Waals surface area contributed by atoms with Crippen LogP contribution in [0.1, 0.15) is 10.4 Å². The molecule has 0 heterocycles. The van der Waals surface area contributed by atoms with Crippen molar-refractivity contribution in [1.29, 1.82) is 0 Å². The third-order valence-corrected chi connectivity index (χ3v) is 3.63. The quantitative estimate of drug-likeness (QED) is 0.926. The molecule has 0 unspecified atom stereocenters. The van der Waals surface area contributed by atoms with E-state index in [1.54, 1.807) is 24.3 Å². The molecule has 2 aromatic rings. The van der Waals surface area contributed by atoms with E-state index in [1.165, 1.54) is 18.2 Å². The average Bonchev–Trinajstić information content (AvgIpc) is 2.36. The standard InChI is InChI=1S/C12H8F3NO3S/c13-12(14,15)20(18,19)16-11(17)10-7-3-5-8-4-1-2-6-9(8)10/h1-7H,(H,16,17). The molecule has 1 amide bonds. The summed E-state index contributed by atoms with van der Waals surface area (Å²) < 4.78 is 59.5. The number of benzene rings is 2. The SMILES string of the molecule is O=C(NS(=O)(=O)C(F)(F)F)c1cccc2ccccc12. The van der Waals surface area contributed by atoms with Crippen molar-refractivity contribution < 1.29 is 26.4 Å². The number of halogens is 3. The Kier molecular flexibility index (Phi) is 3.43. The van der Waals surface area contributed by atoms with Crippen LogP contribution in [0.5, 0.6) is 0 Å². The molecule has 0 aliphatic heterocycles. The number of sulfonamides is 1. The van der Waals surface area contributed by atoms with E-state index < -0.39 is 21.4 Å². The fraction of sp³-hybridized carbons (Fsp3) is 0.0833. The number of carbonyl (C=O) groups excluding carboxylic acids is 1. The number of fused-ring (bicyclic) bond motifs is 1. The zero-order valence-corrected chi connectivity index (χ0v) is 10.6. The van der Waals surface area contributed by atoms with Crippen LogP contribution in [0.15, 0.2) is 42.5 Å². The second-order valence-corrected chi connectivity index (χ2v) is 5.58. The van der Waals surface area contributed by atoms with E-state index in [2.05, 4.69) is 0 Å². The number of hydrogen-bond acceptors (Lipinski definition) is 3. The van der Waals surface area contributed by atoms with Gasteiger partial charge in [0.05, 0.1) is 0 Å². The van der Waals surface area contributed by atoms with Crippen molar-refractivity contribution in [3.8, 4) is 0 Å². The fourth-order valence-electron chi connectivity index (χ4n) is 1.66. The largest absolute Gasteiger partial charge is 0.516 e. The summed E-state index contributed by atoms with van der Waals surface area (Å²) in [5.41, 5.74) is -5.68. The molecule has 0 aromatic heterocycles. The second kappa shape index (κ2) is 4.78. The molecule has 0 aliphatic rings. The molecule has 2 aromatic carbocycles. The highest BCUT2D eigenvalue weighted by Gasteiger charge is 2.47. The van der Waals surface area contributed by atoms with Crippen molar-refractivity contribution in [2.45, 2.75) is 5.51 Å². The first kappa shape index (κ1) is 14.3. The summed E-state index contributed by atoms with van der Waals surface area (Å²) in [7, 11) is -5.71. The molecule has 0 radical (unpaired) electrons. The average molecular weight is 303 g/mol. The van der Waals surface area contributed by atoms with Crippen LogP contribution in [0.25, 0.3) is 10.8 Å². The van der Waals surface area contributed by atoms with E-state index in [1.807, 2.05) is 0 Å². The number of hydrogen-bond donors (Lipinski definition) is 1. The topological polar surface area (TPSA) is 63.2 Å². The normalized spacial score (nSPS) is 12.3. The minimum absolute atomic E-state index is 0.143. The van der Waals surface area contributed by atoms with E-state index in [4.69, 9.17) is 0 Å². The van der Waals surface area contributed by atoms with Gasteiger partial charge in [0.1, 0.15) is 0 Å². The van der Waals surface area contributed by atoms with Gasteiger partial charge in [0.2, 0.25) is 0 Å². The molecule has 0 fully saturated rings. The van der Waals surface area contributed by atoms with Gasteiger partial charge >= 0.3 is 15.5 Å². The van der Waals surface area contributed by atoms with Crippen LogP contribution in [-0.2, 0) is 10.0 Å². The van der Waals surface area contributed by atoms with Crippen LogP contribution in [0.2, 0.25) is 0 Å². The highest BCUT2D eigenvalue weighted by atomic mass is 32.2. The van der Waals surface area contributed by atoms with Crippen LogP contribution < -0.4 is 4.72 Å².